The molecule has 0 radical (unpaired) electrons. The number of ether oxygens (including phenoxy) is 1. The molecule has 0 amide bonds. The Kier molecular flexibility index (Phi) is 5.45. The van der Waals surface area contributed by atoms with Gasteiger partial charge in [0.05, 0.1) is 10.5 Å². The third-order valence-corrected chi connectivity index (χ3v) is 4.41. The molecule has 24 heavy (non-hydrogen) atoms. The first-order chi connectivity index (χ1) is 11.2. The zero-order valence-corrected chi connectivity index (χ0v) is 13.0. The molecule has 2 aromatic carbocycles. The van der Waals surface area contributed by atoms with Crippen LogP contribution in [0.1, 0.15) is 5.56 Å². The lowest BCUT2D eigenvalue weighted by atomic mass is 10.2. The van der Waals surface area contributed by atoms with Gasteiger partial charge in [-0.25, -0.2) is 17.5 Å². The Morgan fingerprint density at radius 1 is 1.04 bits per heavy atom. The van der Waals surface area contributed by atoms with Gasteiger partial charge in [-0.15, -0.1) is 0 Å². The number of nitrogens with one attached hydrogen (secondary N) is 1. The fourth-order valence-electron chi connectivity index (χ4n) is 1.80. The topological polar surface area (TPSA) is 55.4 Å². The quantitative estimate of drug-likeness (QED) is 0.633. The van der Waals surface area contributed by atoms with Crippen LogP contribution >= 0.6 is 0 Å². The Balaban J connectivity index is 1.95. The number of hydrogen-bond acceptors (Lipinski definition) is 3. The van der Waals surface area contributed by atoms with Crippen molar-refractivity contribution in [2.24, 2.45) is 0 Å². The highest BCUT2D eigenvalue weighted by Gasteiger charge is 2.31. The first-order valence-corrected chi connectivity index (χ1v) is 8.22. The Hall–Kier alpha value is -2.13. The molecule has 1 N–H and O–H groups in total. The first kappa shape index (κ1) is 18.2. The van der Waals surface area contributed by atoms with Crippen molar-refractivity contribution < 1.29 is 30.7 Å². The van der Waals surface area contributed by atoms with Crippen LogP contribution in [0.25, 0.3) is 0 Å². The molecule has 0 spiro atoms. The molecule has 0 aliphatic carbocycles. The molecule has 0 atom stereocenters. The van der Waals surface area contributed by atoms with Crippen LogP contribution < -0.4 is 9.46 Å². The van der Waals surface area contributed by atoms with Crippen molar-refractivity contribution in [2.45, 2.75) is 11.1 Å². The molecule has 0 heterocycles. The lowest BCUT2D eigenvalue weighted by Gasteiger charge is -2.11. The van der Waals surface area contributed by atoms with E-state index in [1.54, 1.807) is 0 Å². The standard InChI is InChI=1S/C15H13F4NO3S/c16-12-4-6-13(7-5-12)23-9-8-20-24(21,22)14-3-1-2-11(10-14)15(17,18)19/h1-7,10,20H,8-9H2. The van der Waals surface area contributed by atoms with E-state index in [0.717, 1.165) is 18.2 Å². The van der Waals surface area contributed by atoms with Crippen molar-refractivity contribution in [2.75, 3.05) is 13.2 Å². The summed E-state index contributed by atoms with van der Waals surface area (Å²) in [7, 11) is -4.09. The van der Waals surface area contributed by atoms with Crippen molar-refractivity contribution in [3.05, 3.63) is 59.9 Å². The minimum atomic E-state index is -4.63. The van der Waals surface area contributed by atoms with E-state index < -0.39 is 32.5 Å². The smallest absolute Gasteiger partial charge is 0.416 e. The highest BCUT2D eigenvalue weighted by molar-refractivity contribution is 7.89. The third kappa shape index (κ3) is 4.93. The monoisotopic (exact) mass is 363 g/mol. The zero-order chi connectivity index (χ0) is 17.8. The van der Waals surface area contributed by atoms with E-state index in [9.17, 15) is 26.0 Å². The molecule has 0 fully saturated rings. The van der Waals surface area contributed by atoms with Crippen LogP contribution in [0.3, 0.4) is 0 Å². The fourth-order valence-corrected chi connectivity index (χ4v) is 2.86. The van der Waals surface area contributed by atoms with Crippen molar-refractivity contribution in [3.63, 3.8) is 0 Å². The Morgan fingerprint density at radius 2 is 1.71 bits per heavy atom. The van der Waals surface area contributed by atoms with Crippen LogP contribution in [0.5, 0.6) is 5.75 Å². The van der Waals surface area contributed by atoms with Gasteiger partial charge in [0.15, 0.2) is 0 Å². The van der Waals surface area contributed by atoms with Crippen LogP contribution in [-0.2, 0) is 16.2 Å². The molecular weight excluding hydrogens is 350 g/mol. The number of benzene rings is 2. The molecular formula is C15H13F4NO3S. The number of sulfonamides is 1. The zero-order valence-electron chi connectivity index (χ0n) is 12.2. The second-order valence-corrected chi connectivity index (χ2v) is 6.49. The molecule has 9 heteroatoms. The Labute approximate surface area is 136 Å². The van der Waals surface area contributed by atoms with Crippen LogP contribution in [-0.4, -0.2) is 21.6 Å². The van der Waals surface area contributed by atoms with Crippen molar-refractivity contribution in [1.82, 2.24) is 4.72 Å². The van der Waals surface area contributed by atoms with Gasteiger partial charge in [-0.05, 0) is 42.5 Å². The molecule has 4 nitrogen and oxygen atoms in total. The van der Waals surface area contributed by atoms with Gasteiger partial charge in [0.2, 0.25) is 10.0 Å². The Morgan fingerprint density at radius 3 is 2.33 bits per heavy atom. The summed E-state index contributed by atoms with van der Waals surface area (Å²) in [5.74, 6) is -0.0951. The molecule has 0 saturated carbocycles. The molecule has 0 bridgehead atoms. The largest absolute Gasteiger partial charge is 0.492 e. The predicted octanol–water partition coefficient (Wildman–Crippen LogP) is 3.20. The van der Waals surface area contributed by atoms with E-state index in [1.807, 2.05) is 0 Å². The van der Waals surface area contributed by atoms with Crippen LogP contribution in [0.15, 0.2) is 53.4 Å². The van der Waals surface area contributed by atoms with Crippen LogP contribution in [0, 0.1) is 5.82 Å². The van der Waals surface area contributed by atoms with Gasteiger partial charge >= 0.3 is 6.18 Å². The second-order valence-electron chi connectivity index (χ2n) is 4.73. The van der Waals surface area contributed by atoms with Gasteiger partial charge in [-0.3, -0.25) is 0 Å². The maximum Gasteiger partial charge on any atom is 0.416 e. The SMILES string of the molecule is O=S(=O)(NCCOc1ccc(F)cc1)c1cccc(C(F)(F)F)c1. The number of rotatable bonds is 6. The van der Waals surface area contributed by atoms with E-state index in [4.69, 9.17) is 4.74 Å². The molecule has 0 aliphatic rings. The fraction of sp³-hybridized carbons (Fsp3) is 0.200. The summed E-state index contributed by atoms with van der Waals surface area (Å²) in [6, 6.07) is 8.54. The molecule has 130 valence electrons. The summed E-state index contributed by atoms with van der Waals surface area (Å²) in [5.41, 5.74) is -1.05. The van der Waals surface area contributed by atoms with E-state index in [0.29, 0.717) is 11.8 Å². The van der Waals surface area contributed by atoms with Gasteiger partial charge < -0.3 is 4.74 Å². The molecule has 0 aliphatic heterocycles. The van der Waals surface area contributed by atoms with Crippen LogP contribution in [0.2, 0.25) is 0 Å². The van der Waals surface area contributed by atoms with Crippen LogP contribution in [0.4, 0.5) is 17.6 Å². The lowest BCUT2D eigenvalue weighted by molar-refractivity contribution is -0.137. The maximum absolute atomic E-state index is 12.7. The summed E-state index contributed by atoms with van der Waals surface area (Å²) >= 11 is 0. The minimum absolute atomic E-state index is 0.0657. The van der Waals surface area contributed by atoms with Gasteiger partial charge in [0.25, 0.3) is 0 Å². The third-order valence-electron chi connectivity index (χ3n) is 2.95. The molecule has 0 saturated heterocycles. The summed E-state index contributed by atoms with van der Waals surface area (Å²) in [4.78, 5) is -0.487. The van der Waals surface area contributed by atoms with Crippen molar-refractivity contribution >= 4 is 10.0 Å². The average molecular weight is 363 g/mol. The molecule has 0 unspecified atom stereocenters. The highest BCUT2D eigenvalue weighted by Crippen LogP contribution is 2.30. The Bertz CT molecular complexity index is 789. The number of alkyl halides is 3. The summed E-state index contributed by atoms with van der Waals surface area (Å²) in [6.07, 6.45) is -4.63. The predicted molar refractivity (Wildman–Crippen MR) is 78.5 cm³/mol. The number of halogens is 4. The summed E-state index contributed by atoms with van der Waals surface area (Å²) in [6.45, 7) is -0.222. The van der Waals surface area contributed by atoms with Gasteiger partial charge in [-0.1, -0.05) is 6.07 Å². The minimum Gasteiger partial charge on any atom is -0.492 e. The molecule has 2 rings (SSSR count). The second kappa shape index (κ2) is 7.18. The van der Waals surface area contributed by atoms with Gasteiger partial charge in [0.1, 0.15) is 18.2 Å². The average Bonchev–Trinajstić information content (AvgIpc) is 2.53. The van der Waals surface area contributed by atoms with E-state index >= 15 is 0 Å². The molecule has 2 aromatic rings. The van der Waals surface area contributed by atoms with Gasteiger partial charge in [0, 0.05) is 6.54 Å². The maximum atomic E-state index is 12.7. The normalized spacial score (nSPS) is 12.2. The summed E-state index contributed by atoms with van der Waals surface area (Å²) in [5, 5.41) is 0. The first-order valence-electron chi connectivity index (χ1n) is 6.74. The molecule has 0 aromatic heterocycles. The van der Waals surface area contributed by atoms with Crippen molar-refractivity contribution in [3.8, 4) is 5.75 Å². The number of hydrogen-bond donors (Lipinski definition) is 1. The summed E-state index contributed by atoms with van der Waals surface area (Å²) < 4.78 is 81.9. The van der Waals surface area contributed by atoms with E-state index in [2.05, 4.69) is 4.72 Å². The van der Waals surface area contributed by atoms with Gasteiger partial charge in [-0.2, -0.15) is 13.2 Å². The highest BCUT2D eigenvalue weighted by atomic mass is 32.2. The van der Waals surface area contributed by atoms with Crippen molar-refractivity contribution in [1.29, 1.82) is 0 Å². The van der Waals surface area contributed by atoms with E-state index in [1.165, 1.54) is 24.3 Å². The lowest BCUT2D eigenvalue weighted by Crippen LogP contribution is -2.28. The van der Waals surface area contributed by atoms with E-state index in [-0.39, 0.29) is 13.2 Å².